The maximum Gasteiger partial charge on any atom is 0.237 e. The van der Waals surface area contributed by atoms with E-state index in [2.05, 4.69) is 41.5 Å². The summed E-state index contributed by atoms with van der Waals surface area (Å²) in [5, 5.41) is 12.4. The van der Waals surface area contributed by atoms with E-state index in [4.69, 9.17) is 0 Å². The van der Waals surface area contributed by atoms with Crippen LogP contribution in [0.4, 0.5) is 16.5 Å². The largest absolute Gasteiger partial charge is 0.330 e. The highest BCUT2D eigenvalue weighted by atomic mass is 32.2. The molecule has 0 radical (unpaired) electrons. The molecule has 5 nitrogen and oxygen atoms in total. The van der Waals surface area contributed by atoms with Crippen LogP contribution >= 0.6 is 23.1 Å². The van der Waals surface area contributed by atoms with Gasteiger partial charge in [-0.3, -0.25) is 4.79 Å². The van der Waals surface area contributed by atoms with Crippen LogP contribution in [0.3, 0.4) is 0 Å². The number of nitrogens with one attached hydrogen (secondary N) is 1. The van der Waals surface area contributed by atoms with Crippen molar-refractivity contribution in [3.05, 3.63) is 59.7 Å². The van der Waals surface area contributed by atoms with Gasteiger partial charge in [0.2, 0.25) is 11.0 Å². The summed E-state index contributed by atoms with van der Waals surface area (Å²) >= 11 is 2.87. The van der Waals surface area contributed by atoms with E-state index in [0.717, 1.165) is 20.8 Å². The number of carbonyl (C=O) groups is 1. The molecular formula is C21H24N4OS2. The second-order valence-corrected chi connectivity index (χ2v) is 8.98. The van der Waals surface area contributed by atoms with Crippen molar-refractivity contribution >= 4 is 45.5 Å². The zero-order chi connectivity index (χ0) is 20.1. The van der Waals surface area contributed by atoms with Gasteiger partial charge in [-0.2, -0.15) is 0 Å². The lowest BCUT2D eigenvalue weighted by molar-refractivity contribution is -0.116. The van der Waals surface area contributed by atoms with Crippen LogP contribution in [0, 0.1) is 13.8 Å². The quantitative estimate of drug-likeness (QED) is 0.524. The third kappa shape index (κ3) is 5.11. The predicted octanol–water partition coefficient (Wildman–Crippen LogP) is 5.43. The Hall–Kier alpha value is -2.38. The Kier molecular flexibility index (Phi) is 6.70. The van der Waals surface area contributed by atoms with Gasteiger partial charge in [0.05, 0.1) is 5.75 Å². The number of aromatic nitrogens is 2. The van der Waals surface area contributed by atoms with Gasteiger partial charge in [-0.25, -0.2) is 0 Å². The zero-order valence-corrected chi connectivity index (χ0v) is 18.1. The molecule has 1 aromatic heterocycles. The summed E-state index contributed by atoms with van der Waals surface area (Å²) in [6.45, 7) is 8.21. The number of para-hydroxylation sites is 1. The molecule has 3 aromatic rings. The Morgan fingerprint density at radius 2 is 1.86 bits per heavy atom. The Morgan fingerprint density at radius 3 is 2.54 bits per heavy atom. The molecule has 7 heteroatoms. The van der Waals surface area contributed by atoms with Crippen LogP contribution in [0.2, 0.25) is 0 Å². The highest BCUT2D eigenvalue weighted by molar-refractivity contribution is 8.01. The van der Waals surface area contributed by atoms with Crippen molar-refractivity contribution in [1.82, 2.24) is 10.2 Å². The first kappa shape index (κ1) is 20.4. The second kappa shape index (κ2) is 9.21. The number of rotatable bonds is 7. The van der Waals surface area contributed by atoms with E-state index in [1.807, 2.05) is 55.1 Å². The molecule has 0 aliphatic carbocycles. The molecule has 0 aliphatic rings. The SMILES string of the molecule is Cc1ccc(Nc2nnc(SCC(=O)N(c3ccccc3)C(C)C)s2)cc1C. The summed E-state index contributed by atoms with van der Waals surface area (Å²) < 4.78 is 0.774. The zero-order valence-electron chi connectivity index (χ0n) is 16.5. The molecule has 1 heterocycles. The molecule has 28 heavy (non-hydrogen) atoms. The summed E-state index contributed by atoms with van der Waals surface area (Å²) in [7, 11) is 0. The molecule has 0 saturated carbocycles. The molecule has 0 fully saturated rings. The van der Waals surface area contributed by atoms with Gasteiger partial charge in [0, 0.05) is 17.4 Å². The van der Waals surface area contributed by atoms with E-state index in [-0.39, 0.29) is 11.9 Å². The van der Waals surface area contributed by atoms with Gasteiger partial charge in [-0.05, 0) is 63.1 Å². The van der Waals surface area contributed by atoms with Gasteiger partial charge >= 0.3 is 0 Å². The van der Waals surface area contributed by atoms with Crippen molar-refractivity contribution in [1.29, 1.82) is 0 Å². The van der Waals surface area contributed by atoms with Crippen LogP contribution in [-0.2, 0) is 4.79 Å². The van der Waals surface area contributed by atoms with E-state index in [0.29, 0.717) is 5.75 Å². The minimum atomic E-state index is 0.0602. The predicted molar refractivity (Wildman–Crippen MR) is 119 cm³/mol. The van der Waals surface area contributed by atoms with Crippen molar-refractivity contribution < 1.29 is 4.79 Å². The van der Waals surface area contributed by atoms with Crippen molar-refractivity contribution in [3.8, 4) is 0 Å². The Morgan fingerprint density at radius 1 is 1.11 bits per heavy atom. The first-order valence-electron chi connectivity index (χ1n) is 9.11. The van der Waals surface area contributed by atoms with Crippen molar-refractivity contribution in [2.24, 2.45) is 0 Å². The fourth-order valence-electron chi connectivity index (χ4n) is 2.77. The van der Waals surface area contributed by atoms with Crippen LogP contribution in [0.25, 0.3) is 0 Å². The molecule has 0 atom stereocenters. The molecule has 146 valence electrons. The van der Waals surface area contributed by atoms with Crippen LogP contribution in [0.15, 0.2) is 52.9 Å². The molecule has 0 bridgehead atoms. The molecule has 1 N–H and O–H groups in total. The molecule has 0 spiro atoms. The first-order valence-corrected chi connectivity index (χ1v) is 10.9. The summed E-state index contributed by atoms with van der Waals surface area (Å²) in [6, 6.07) is 16.0. The Bertz CT molecular complexity index is 941. The van der Waals surface area contributed by atoms with E-state index in [1.54, 1.807) is 0 Å². The number of thioether (sulfide) groups is 1. The van der Waals surface area contributed by atoms with Crippen LogP contribution in [-0.4, -0.2) is 27.9 Å². The fraction of sp³-hybridized carbons (Fsp3) is 0.286. The van der Waals surface area contributed by atoms with E-state index in [1.165, 1.54) is 34.2 Å². The van der Waals surface area contributed by atoms with Crippen molar-refractivity contribution in [2.75, 3.05) is 16.0 Å². The molecule has 0 aliphatic heterocycles. The van der Waals surface area contributed by atoms with Crippen molar-refractivity contribution in [2.45, 2.75) is 38.1 Å². The van der Waals surface area contributed by atoms with Gasteiger partial charge in [-0.1, -0.05) is 47.4 Å². The number of nitrogens with zero attached hydrogens (tertiary/aromatic N) is 3. The summed E-state index contributed by atoms with van der Waals surface area (Å²) in [6.07, 6.45) is 0. The summed E-state index contributed by atoms with van der Waals surface area (Å²) in [4.78, 5) is 14.6. The van der Waals surface area contributed by atoms with Gasteiger partial charge in [-0.15, -0.1) is 10.2 Å². The smallest absolute Gasteiger partial charge is 0.237 e. The lowest BCUT2D eigenvalue weighted by Gasteiger charge is -2.26. The first-order chi connectivity index (χ1) is 13.4. The number of carbonyl (C=O) groups excluding carboxylic acids is 1. The number of hydrogen-bond acceptors (Lipinski definition) is 6. The van der Waals surface area contributed by atoms with Crippen LogP contribution < -0.4 is 10.2 Å². The lowest BCUT2D eigenvalue weighted by Crippen LogP contribution is -2.38. The molecule has 2 aromatic carbocycles. The second-order valence-electron chi connectivity index (χ2n) is 6.78. The monoisotopic (exact) mass is 412 g/mol. The van der Waals surface area contributed by atoms with Gasteiger partial charge in [0.15, 0.2) is 4.34 Å². The lowest BCUT2D eigenvalue weighted by atomic mass is 10.1. The van der Waals surface area contributed by atoms with Gasteiger partial charge in [0.1, 0.15) is 0 Å². The minimum absolute atomic E-state index is 0.0602. The average molecular weight is 413 g/mol. The number of benzene rings is 2. The standard InChI is InChI=1S/C21H24N4OS2/c1-14(2)25(18-8-6-5-7-9-18)19(26)13-27-21-24-23-20(28-21)22-17-11-10-15(3)16(4)12-17/h5-12,14H,13H2,1-4H3,(H,22,23). The highest BCUT2D eigenvalue weighted by Gasteiger charge is 2.19. The molecule has 0 unspecified atom stereocenters. The normalized spacial score (nSPS) is 10.9. The average Bonchev–Trinajstić information content (AvgIpc) is 3.11. The number of aryl methyl sites for hydroxylation is 2. The number of amides is 1. The van der Waals surface area contributed by atoms with Crippen LogP contribution in [0.1, 0.15) is 25.0 Å². The van der Waals surface area contributed by atoms with E-state index in [9.17, 15) is 4.79 Å². The minimum Gasteiger partial charge on any atom is -0.330 e. The topological polar surface area (TPSA) is 58.1 Å². The third-order valence-electron chi connectivity index (χ3n) is 4.30. The molecule has 1 amide bonds. The third-order valence-corrected chi connectivity index (χ3v) is 6.26. The number of anilines is 3. The van der Waals surface area contributed by atoms with E-state index >= 15 is 0 Å². The summed E-state index contributed by atoms with van der Waals surface area (Å²) in [5.74, 6) is 0.385. The van der Waals surface area contributed by atoms with Gasteiger partial charge < -0.3 is 10.2 Å². The van der Waals surface area contributed by atoms with Crippen LogP contribution in [0.5, 0.6) is 0 Å². The van der Waals surface area contributed by atoms with Crippen molar-refractivity contribution in [3.63, 3.8) is 0 Å². The summed E-state index contributed by atoms with van der Waals surface area (Å²) in [5.41, 5.74) is 4.38. The maximum atomic E-state index is 12.8. The van der Waals surface area contributed by atoms with Gasteiger partial charge in [0.25, 0.3) is 0 Å². The number of hydrogen-bond donors (Lipinski definition) is 1. The Balaban J connectivity index is 1.61. The highest BCUT2D eigenvalue weighted by Crippen LogP contribution is 2.29. The molecule has 0 saturated heterocycles. The Labute approximate surface area is 174 Å². The molecule has 3 rings (SSSR count). The molecular weight excluding hydrogens is 388 g/mol. The fourth-order valence-corrected chi connectivity index (χ4v) is 4.40. The van der Waals surface area contributed by atoms with E-state index < -0.39 is 0 Å². The maximum absolute atomic E-state index is 12.8.